The second kappa shape index (κ2) is 10.3. The van der Waals surface area contributed by atoms with Gasteiger partial charge in [-0.1, -0.05) is 43.7 Å². The molecular weight excluding hydrogens is 390 g/mol. The third-order valence-corrected chi connectivity index (χ3v) is 6.69. The number of ether oxygens (including phenoxy) is 1. The van der Waals surface area contributed by atoms with Crippen molar-refractivity contribution in [3.63, 3.8) is 0 Å². The van der Waals surface area contributed by atoms with Crippen LogP contribution in [0.5, 0.6) is 0 Å². The maximum Gasteiger partial charge on any atom is 0.311 e. The van der Waals surface area contributed by atoms with Crippen LogP contribution < -0.4 is 0 Å². The minimum absolute atomic E-state index is 0.0574. The van der Waals surface area contributed by atoms with Gasteiger partial charge in [0.2, 0.25) is 0 Å². The Kier molecular flexibility index (Phi) is 7.69. The molecule has 0 spiro atoms. The summed E-state index contributed by atoms with van der Waals surface area (Å²) in [7, 11) is 0. The van der Waals surface area contributed by atoms with Crippen LogP contribution in [0.25, 0.3) is 0 Å². The predicted molar refractivity (Wildman–Crippen MR) is 120 cm³/mol. The first-order valence-electron chi connectivity index (χ1n) is 11.7. The van der Waals surface area contributed by atoms with E-state index in [1.807, 2.05) is 19.9 Å². The highest BCUT2D eigenvalue weighted by atomic mass is 16.5. The molecule has 0 fully saturated rings. The molecular formula is C26H35NO4. The van der Waals surface area contributed by atoms with Gasteiger partial charge in [-0.05, 0) is 70.3 Å². The van der Waals surface area contributed by atoms with Gasteiger partial charge in [-0.25, -0.2) is 0 Å². The van der Waals surface area contributed by atoms with Crippen LogP contribution in [-0.2, 0) is 19.1 Å². The Hall–Kier alpha value is -2.43. The van der Waals surface area contributed by atoms with E-state index in [4.69, 9.17) is 4.74 Å². The number of nitrogens with zero attached hydrogens (tertiary/aromatic N) is 1. The highest BCUT2D eigenvalue weighted by Crippen LogP contribution is 2.33. The van der Waals surface area contributed by atoms with E-state index in [1.54, 1.807) is 0 Å². The number of carbonyl (C=O) groups is 3. The first kappa shape index (κ1) is 23.2. The lowest BCUT2D eigenvalue weighted by atomic mass is 9.84. The van der Waals surface area contributed by atoms with Gasteiger partial charge in [0.15, 0.2) is 0 Å². The van der Waals surface area contributed by atoms with E-state index in [0.29, 0.717) is 29.9 Å². The van der Waals surface area contributed by atoms with E-state index in [0.717, 1.165) is 38.5 Å². The van der Waals surface area contributed by atoms with Crippen LogP contribution in [0.2, 0.25) is 0 Å². The summed E-state index contributed by atoms with van der Waals surface area (Å²) >= 11 is 0. The summed E-state index contributed by atoms with van der Waals surface area (Å²) < 4.78 is 5.48. The molecule has 5 heteroatoms. The Morgan fingerprint density at radius 1 is 1.06 bits per heavy atom. The molecule has 2 aliphatic rings. The van der Waals surface area contributed by atoms with Crippen LogP contribution in [0.15, 0.2) is 41.5 Å². The Morgan fingerprint density at radius 3 is 2.26 bits per heavy atom. The number of carbonyl (C=O) groups excluding carboxylic acids is 3. The average Bonchev–Trinajstić information content (AvgIpc) is 3.02. The Labute approximate surface area is 185 Å². The first-order chi connectivity index (χ1) is 14.8. The monoisotopic (exact) mass is 425 g/mol. The largest absolute Gasteiger partial charge is 0.463 e. The van der Waals surface area contributed by atoms with Gasteiger partial charge in [-0.3, -0.25) is 19.3 Å². The SMILES string of the molecule is CCC(CCCC(C)(C)C(=O)OCCN1C(=O)C2=C(CCCC2)C1=O)c1ccccc1. The average molecular weight is 426 g/mol. The molecule has 1 aromatic rings. The van der Waals surface area contributed by atoms with Gasteiger partial charge >= 0.3 is 5.97 Å². The lowest BCUT2D eigenvalue weighted by Crippen LogP contribution is -2.36. The van der Waals surface area contributed by atoms with Crippen LogP contribution in [-0.4, -0.2) is 35.8 Å². The fourth-order valence-corrected chi connectivity index (χ4v) is 4.65. The molecule has 0 radical (unpaired) electrons. The molecule has 168 valence electrons. The molecule has 1 aromatic carbocycles. The van der Waals surface area contributed by atoms with E-state index in [1.165, 1.54) is 10.5 Å². The molecule has 1 atom stereocenters. The number of imide groups is 1. The van der Waals surface area contributed by atoms with Crippen LogP contribution in [0.1, 0.15) is 83.6 Å². The van der Waals surface area contributed by atoms with Crippen molar-refractivity contribution in [1.29, 1.82) is 0 Å². The van der Waals surface area contributed by atoms with E-state index < -0.39 is 5.41 Å². The summed E-state index contributed by atoms with van der Waals surface area (Å²) in [5.41, 5.74) is 2.10. The molecule has 5 nitrogen and oxygen atoms in total. The van der Waals surface area contributed by atoms with Gasteiger partial charge in [0.25, 0.3) is 11.8 Å². The fraction of sp³-hybridized carbons (Fsp3) is 0.577. The van der Waals surface area contributed by atoms with Crippen molar-refractivity contribution in [2.24, 2.45) is 5.41 Å². The van der Waals surface area contributed by atoms with Gasteiger partial charge in [0.05, 0.1) is 12.0 Å². The number of hydrogen-bond acceptors (Lipinski definition) is 4. The zero-order chi connectivity index (χ0) is 22.4. The van der Waals surface area contributed by atoms with Gasteiger partial charge in [-0.15, -0.1) is 0 Å². The van der Waals surface area contributed by atoms with Crippen molar-refractivity contribution in [1.82, 2.24) is 4.90 Å². The highest BCUT2D eigenvalue weighted by Gasteiger charge is 2.38. The third kappa shape index (κ3) is 5.44. The topological polar surface area (TPSA) is 63.7 Å². The van der Waals surface area contributed by atoms with E-state index in [2.05, 4.69) is 31.2 Å². The van der Waals surface area contributed by atoms with E-state index in [-0.39, 0.29) is 30.9 Å². The van der Waals surface area contributed by atoms with Gasteiger partial charge in [0.1, 0.15) is 6.61 Å². The molecule has 2 amide bonds. The molecule has 1 aliphatic carbocycles. The van der Waals surface area contributed by atoms with Crippen molar-refractivity contribution in [3.05, 3.63) is 47.0 Å². The van der Waals surface area contributed by atoms with Crippen LogP contribution >= 0.6 is 0 Å². The molecule has 31 heavy (non-hydrogen) atoms. The van der Waals surface area contributed by atoms with Crippen molar-refractivity contribution < 1.29 is 19.1 Å². The summed E-state index contributed by atoms with van der Waals surface area (Å²) in [5, 5.41) is 0. The number of benzene rings is 1. The van der Waals surface area contributed by atoms with Gasteiger partial charge < -0.3 is 4.74 Å². The highest BCUT2D eigenvalue weighted by molar-refractivity contribution is 6.19. The van der Waals surface area contributed by atoms with Crippen molar-refractivity contribution >= 4 is 17.8 Å². The maximum atomic E-state index is 12.6. The zero-order valence-electron chi connectivity index (χ0n) is 19.1. The molecule has 0 saturated heterocycles. The Bertz CT molecular complexity index is 812. The first-order valence-corrected chi connectivity index (χ1v) is 11.7. The summed E-state index contributed by atoms with van der Waals surface area (Å²) in [4.78, 5) is 38.9. The van der Waals surface area contributed by atoms with Crippen molar-refractivity contribution in [2.45, 2.75) is 78.1 Å². The maximum absolute atomic E-state index is 12.6. The Morgan fingerprint density at radius 2 is 1.68 bits per heavy atom. The Balaban J connectivity index is 1.43. The van der Waals surface area contributed by atoms with E-state index in [9.17, 15) is 14.4 Å². The van der Waals surface area contributed by atoms with Crippen molar-refractivity contribution in [3.8, 4) is 0 Å². The predicted octanol–water partition coefficient (Wildman–Crippen LogP) is 5.16. The molecule has 1 heterocycles. The minimum Gasteiger partial charge on any atom is -0.463 e. The molecule has 0 saturated carbocycles. The number of esters is 1. The fourth-order valence-electron chi connectivity index (χ4n) is 4.65. The normalized spacial score (nSPS) is 17.7. The minimum atomic E-state index is -0.592. The lowest BCUT2D eigenvalue weighted by Gasteiger charge is -2.24. The summed E-state index contributed by atoms with van der Waals surface area (Å²) in [6.07, 6.45) is 7.07. The van der Waals surface area contributed by atoms with Crippen LogP contribution in [0.3, 0.4) is 0 Å². The molecule has 0 bridgehead atoms. The summed E-state index contributed by atoms with van der Waals surface area (Å²) in [6, 6.07) is 10.5. The zero-order valence-corrected chi connectivity index (χ0v) is 19.1. The van der Waals surface area contributed by atoms with Gasteiger partial charge in [0, 0.05) is 11.1 Å². The lowest BCUT2D eigenvalue weighted by molar-refractivity contribution is -0.156. The smallest absolute Gasteiger partial charge is 0.311 e. The second-order valence-electron chi connectivity index (χ2n) is 9.35. The van der Waals surface area contributed by atoms with Gasteiger partial charge in [-0.2, -0.15) is 0 Å². The number of hydrogen-bond donors (Lipinski definition) is 0. The van der Waals surface area contributed by atoms with E-state index >= 15 is 0 Å². The summed E-state index contributed by atoms with van der Waals surface area (Å²) in [6.45, 7) is 6.21. The molecule has 0 N–H and O–H groups in total. The quantitative estimate of drug-likeness (QED) is 0.384. The molecule has 1 unspecified atom stereocenters. The van der Waals surface area contributed by atoms with Crippen molar-refractivity contribution in [2.75, 3.05) is 13.2 Å². The molecule has 0 aromatic heterocycles. The number of amides is 2. The third-order valence-electron chi connectivity index (χ3n) is 6.69. The molecule has 3 rings (SSSR count). The van der Waals surface area contributed by atoms with Crippen LogP contribution in [0, 0.1) is 5.41 Å². The van der Waals surface area contributed by atoms with Crippen LogP contribution in [0.4, 0.5) is 0 Å². The standard InChI is InChI=1S/C26H35NO4/c1-4-19(20-11-6-5-7-12-20)13-10-16-26(2,3)25(30)31-18-17-27-23(28)21-14-8-9-15-22(21)24(27)29/h5-7,11-12,19H,4,8-10,13-18H2,1-3H3. The summed E-state index contributed by atoms with van der Waals surface area (Å²) in [5.74, 6) is -0.154. The second-order valence-corrected chi connectivity index (χ2v) is 9.35. The number of rotatable bonds is 10. The molecule has 1 aliphatic heterocycles.